The molecule has 2 unspecified atom stereocenters. The van der Waals surface area contributed by atoms with Gasteiger partial charge in [-0.15, -0.1) is 0 Å². The summed E-state index contributed by atoms with van der Waals surface area (Å²) in [6.45, 7) is 9.99. The highest BCUT2D eigenvalue weighted by molar-refractivity contribution is 5.71. The number of esters is 1. The van der Waals surface area contributed by atoms with Crippen LogP contribution in [-0.2, 0) is 9.53 Å². The lowest BCUT2D eigenvalue weighted by atomic mass is 9.91. The summed E-state index contributed by atoms with van der Waals surface area (Å²) in [4.78, 5) is 11.9. The van der Waals surface area contributed by atoms with Gasteiger partial charge in [0.05, 0.1) is 13.0 Å². The molecule has 34 heavy (non-hydrogen) atoms. The van der Waals surface area contributed by atoms with Gasteiger partial charge in [-0.1, -0.05) is 84.3 Å². The number of allylic oxidation sites excluding steroid dienone is 1. The minimum atomic E-state index is -1.73. The molecule has 0 heterocycles. The molecular formula is C27H52O7. The summed E-state index contributed by atoms with van der Waals surface area (Å²) >= 11 is 0. The van der Waals surface area contributed by atoms with Crippen molar-refractivity contribution in [2.75, 3.05) is 13.2 Å². The molecule has 0 aromatic carbocycles. The predicted octanol–water partition coefficient (Wildman–Crippen LogP) is 3.74. The third kappa shape index (κ3) is 16.6. The molecule has 0 amide bonds. The van der Waals surface area contributed by atoms with Crippen molar-refractivity contribution in [1.82, 2.24) is 0 Å². The van der Waals surface area contributed by atoms with Crippen molar-refractivity contribution in [3.63, 3.8) is 0 Å². The molecule has 0 aromatic heterocycles. The zero-order valence-electron chi connectivity index (χ0n) is 22.2. The molecule has 7 nitrogen and oxygen atoms in total. The molecule has 0 rings (SSSR count). The van der Waals surface area contributed by atoms with E-state index in [1.807, 2.05) is 13.0 Å². The first-order valence-electron chi connectivity index (χ1n) is 13.1. The molecule has 0 spiro atoms. The highest BCUT2D eigenvalue weighted by atomic mass is 16.5. The molecule has 0 aromatic rings. The van der Waals surface area contributed by atoms with Gasteiger partial charge in [0.25, 0.3) is 0 Å². The van der Waals surface area contributed by atoms with Crippen LogP contribution in [0.2, 0.25) is 0 Å². The molecule has 5 N–H and O–H groups in total. The molecule has 0 aliphatic heterocycles. The second kappa shape index (κ2) is 19.2. The molecule has 0 radical (unpaired) electrons. The standard InChI is InChI=1S/C27H52O7/c1-19(2)9-6-10-20(3)11-7-12-21(4)13-8-14-22(5)15-16-25(31)34-18-24(30)27(33)26(32)23(29)17-28/h15,19-21,23-24,26-30,32-33H,6-14,16-18H2,1-5H3/t20?,21?,23-,24-,26-,27-/m1/s1. The summed E-state index contributed by atoms with van der Waals surface area (Å²) in [5.74, 6) is 1.78. The number of carbonyl (C=O) groups is 1. The maximum atomic E-state index is 11.9. The Balaban J connectivity index is 3.99. The number of rotatable bonds is 20. The van der Waals surface area contributed by atoms with Crippen molar-refractivity contribution in [3.05, 3.63) is 11.6 Å². The number of aliphatic hydroxyl groups excluding tert-OH is 5. The van der Waals surface area contributed by atoms with Crippen LogP contribution in [0, 0.1) is 17.8 Å². The van der Waals surface area contributed by atoms with Crippen LogP contribution in [0.4, 0.5) is 0 Å². The average molecular weight is 489 g/mol. The van der Waals surface area contributed by atoms with Crippen molar-refractivity contribution < 1.29 is 35.1 Å². The van der Waals surface area contributed by atoms with Crippen molar-refractivity contribution in [2.45, 2.75) is 123 Å². The van der Waals surface area contributed by atoms with E-state index >= 15 is 0 Å². The average Bonchev–Trinajstić information content (AvgIpc) is 2.79. The van der Waals surface area contributed by atoms with Crippen molar-refractivity contribution in [2.24, 2.45) is 17.8 Å². The molecule has 6 atom stereocenters. The van der Waals surface area contributed by atoms with Gasteiger partial charge in [-0.2, -0.15) is 0 Å². The van der Waals surface area contributed by atoms with Crippen LogP contribution >= 0.6 is 0 Å². The topological polar surface area (TPSA) is 127 Å². The number of aliphatic hydroxyl groups is 5. The lowest BCUT2D eigenvalue weighted by Crippen LogP contribution is -2.47. The fourth-order valence-electron chi connectivity index (χ4n) is 3.97. The minimum Gasteiger partial charge on any atom is -0.463 e. The van der Waals surface area contributed by atoms with Crippen molar-refractivity contribution in [1.29, 1.82) is 0 Å². The largest absolute Gasteiger partial charge is 0.463 e. The van der Waals surface area contributed by atoms with E-state index in [0.717, 1.165) is 30.3 Å². The molecule has 0 aliphatic carbocycles. The van der Waals surface area contributed by atoms with Crippen molar-refractivity contribution >= 4 is 5.97 Å². The van der Waals surface area contributed by atoms with Crippen LogP contribution in [0.3, 0.4) is 0 Å². The summed E-state index contributed by atoms with van der Waals surface area (Å²) in [6.07, 6.45) is 6.34. The van der Waals surface area contributed by atoms with Gasteiger partial charge in [-0.3, -0.25) is 4.79 Å². The number of carbonyl (C=O) groups excluding carboxylic acids is 1. The summed E-state index contributed by atoms with van der Waals surface area (Å²) in [6, 6.07) is 0. The Bertz CT molecular complexity index is 549. The Morgan fingerprint density at radius 3 is 1.82 bits per heavy atom. The van der Waals surface area contributed by atoms with E-state index in [9.17, 15) is 25.2 Å². The second-order valence-corrected chi connectivity index (χ2v) is 10.6. The predicted molar refractivity (Wildman–Crippen MR) is 135 cm³/mol. The zero-order chi connectivity index (χ0) is 26.1. The molecule has 0 fully saturated rings. The van der Waals surface area contributed by atoms with E-state index in [2.05, 4.69) is 27.7 Å². The summed E-state index contributed by atoms with van der Waals surface area (Å²) in [5, 5.41) is 47.1. The van der Waals surface area contributed by atoms with Crippen molar-refractivity contribution in [3.8, 4) is 0 Å². The van der Waals surface area contributed by atoms with Gasteiger partial charge >= 0.3 is 5.97 Å². The normalized spacial score (nSPS) is 17.8. The van der Waals surface area contributed by atoms with E-state index < -0.39 is 43.6 Å². The summed E-state index contributed by atoms with van der Waals surface area (Å²) in [7, 11) is 0. The Hall–Kier alpha value is -0.990. The van der Waals surface area contributed by atoms with E-state index in [0.29, 0.717) is 5.92 Å². The SMILES string of the molecule is CC(=CCC(=O)OC[C@@H](O)[C@@H](O)[C@H](O)[C@H](O)CO)CCCC(C)CCCC(C)CCCC(C)C. The third-order valence-corrected chi connectivity index (χ3v) is 6.50. The van der Waals surface area contributed by atoms with Gasteiger partial charge in [-0.25, -0.2) is 0 Å². The smallest absolute Gasteiger partial charge is 0.309 e. The quantitative estimate of drug-likeness (QED) is 0.130. The lowest BCUT2D eigenvalue weighted by Gasteiger charge is -2.25. The first-order chi connectivity index (χ1) is 16.0. The van der Waals surface area contributed by atoms with E-state index in [4.69, 9.17) is 9.84 Å². The van der Waals surface area contributed by atoms with Crippen LogP contribution in [0.15, 0.2) is 11.6 Å². The van der Waals surface area contributed by atoms with Gasteiger partial charge < -0.3 is 30.3 Å². The van der Waals surface area contributed by atoms with Crippen LogP contribution in [0.1, 0.15) is 98.8 Å². The fraction of sp³-hybridized carbons (Fsp3) is 0.889. The molecular weight excluding hydrogens is 436 g/mol. The van der Waals surface area contributed by atoms with Crippen LogP contribution in [0.25, 0.3) is 0 Å². The maximum absolute atomic E-state index is 11.9. The molecule has 0 aliphatic rings. The van der Waals surface area contributed by atoms with Gasteiger partial charge in [0.15, 0.2) is 0 Å². The lowest BCUT2D eigenvalue weighted by molar-refractivity contribution is -0.155. The molecule has 202 valence electrons. The molecule has 7 heteroatoms. The van der Waals surface area contributed by atoms with E-state index in [1.54, 1.807) is 0 Å². The molecule has 0 bridgehead atoms. The zero-order valence-corrected chi connectivity index (χ0v) is 22.2. The van der Waals surface area contributed by atoms with Gasteiger partial charge in [0.2, 0.25) is 0 Å². The summed E-state index contributed by atoms with van der Waals surface area (Å²) in [5.41, 5.74) is 1.12. The minimum absolute atomic E-state index is 0.0702. The fourth-order valence-corrected chi connectivity index (χ4v) is 3.97. The number of hydrogen-bond acceptors (Lipinski definition) is 7. The van der Waals surface area contributed by atoms with E-state index in [-0.39, 0.29) is 6.42 Å². The van der Waals surface area contributed by atoms with Crippen LogP contribution < -0.4 is 0 Å². The highest BCUT2D eigenvalue weighted by Gasteiger charge is 2.30. The Morgan fingerprint density at radius 1 is 0.794 bits per heavy atom. The van der Waals surface area contributed by atoms with Gasteiger partial charge in [0, 0.05) is 0 Å². The Kier molecular flexibility index (Phi) is 18.7. The number of ether oxygens (including phenoxy) is 1. The molecule has 0 saturated carbocycles. The Labute approximate surface area is 207 Å². The van der Waals surface area contributed by atoms with E-state index in [1.165, 1.54) is 44.9 Å². The number of hydrogen-bond donors (Lipinski definition) is 5. The third-order valence-electron chi connectivity index (χ3n) is 6.50. The van der Waals surface area contributed by atoms with Crippen LogP contribution in [0.5, 0.6) is 0 Å². The van der Waals surface area contributed by atoms with Crippen LogP contribution in [-0.4, -0.2) is 69.1 Å². The Morgan fingerprint density at radius 2 is 1.29 bits per heavy atom. The maximum Gasteiger partial charge on any atom is 0.309 e. The second-order valence-electron chi connectivity index (χ2n) is 10.6. The van der Waals surface area contributed by atoms with Gasteiger partial charge in [0.1, 0.15) is 31.0 Å². The first kappa shape index (κ1) is 33.0. The summed E-state index contributed by atoms with van der Waals surface area (Å²) < 4.78 is 4.93. The highest BCUT2D eigenvalue weighted by Crippen LogP contribution is 2.22. The first-order valence-corrected chi connectivity index (χ1v) is 13.1. The van der Waals surface area contributed by atoms with Gasteiger partial charge in [-0.05, 0) is 37.5 Å². The monoisotopic (exact) mass is 488 g/mol. The molecule has 0 saturated heterocycles.